The van der Waals surface area contributed by atoms with Crippen molar-refractivity contribution in [3.63, 3.8) is 0 Å². The number of aromatic nitrogens is 1. The van der Waals surface area contributed by atoms with E-state index in [1.54, 1.807) is 18.3 Å². The summed E-state index contributed by atoms with van der Waals surface area (Å²) < 4.78 is 0. The van der Waals surface area contributed by atoms with Crippen LogP contribution in [0.1, 0.15) is 24.8 Å². The van der Waals surface area contributed by atoms with Crippen LogP contribution in [0.15, 0.2) is 23.7 Å². The van der Waals surface area contributed by atoms with Crippen molar-refractivity contribution in [3.8, 4) is 0 Å². The maximum absolute atomic E-state index is 11.6. The summed E-state index contributed by atoms with van der Waals surface area (Å²) in [6, 6.07) is -0.856. The highest BCUT2D eigenvalue weighted by Gasteiger charge is 2.18. The van der Waals surface area contributed by atoms with Gasteiger partial charge < -0.3 is 10.4 Å². The van der Waals surface area contributed by atoms with Gasteiger partial charge in [0, 0.05) is 24.4 Å². The summed E-state index contributed by atoms with van der Waals surface area (Å²) >= 11 is 1.49. The first-order valence-electron chi connectivity index (χ1n) is 5.65. The third-order valence-corrected chi connectivity index (χ3v) is 3.13. The van der Waals surface area contributed by atoms with Crippen LogP contribution < -0.4 is 5.32 Å². The minimum absolute atomic E-state index is 0.257. The Morgan fingerprint density at radius 1 is 1.61 bits per heavy atom. The molecule has 6 heteroatoms. The summed E-state index contributed by atoms with van der Waals surface area (Å²) in [5, 5.41) is 14.2. The summed E-state index contributed by atoms with van der Waals surface area (Å²) in [5.41, 5.74) is 0. The van der Waals surface area contributed by atoms with Crippen molar-refractivity contribution in [2.45, 2.75) is 32.2 Å². The second kappa shape index (κ2) is 7.60. The molecule has 0 spiro atoms. The van der Waals surface area contributed by atoms with Crippen LogP contribution in [0.25, 0.3) is 0 Å². The molecule has 1 atom stereocenters. The fourth-order valence-electron chi connectivity index (χ4n) is 1.36. The molecular weight excluding hydrogens is 252 g/mol. The third kappa shape index (κ3) is 5.09. The number of hydrogen-bond donors (Lipinski definition) is 2. The van der Waals surface area contributed by atoms with E-state index in [-0.39, 0.29) is 12.3 Å². The van der Waals surface area contributed by atoms with Crippen molar-refractivity contribution in [1.82, 2.24) is 10.3 Å². The number of rotatable bonds is 7. The predicted molar refractivity (Wildman–Crippen MR) is 69.4 cm³/mol. The number of carbonyl (C=O) groups excluding carboxylic acids is 1. The van der Waals surface area contributed by atoms with Gasteiger partial charge in [-0.2, -0.15) is 0 Å². The van der Waals surface area contributed by atoms with Crippen molar-refractivity contribution in [3.05, 3.63) is 28.7 Å². The highest BCUT2D eigenvalue weighted by atomic mass is 32.1. The topological polar surface area (TPSA) is 79.3 Å². The van der Waals surface area contributed by atoms with Gasteiger partial charge in [-0.3, -0.25) is 4.79 Å². The highest BCUT2D eigenvalue weighted by molar-refractivity contribution is 7.09. The SMILES string of the molecule is C/C=C/CC(NC(=O)CCc1nccs1)C(=O)O. The lowest BCUT2D eigenvalue weighted by Crippen LogP contribution is -2.40. The zero-order valence-corrected chi connectivity index (χ0v) is 10.9. The predicted octanol–water partition coefficient (Wildman–Crippen LogP) is 1.61. The number of carboxylic acids is 1. The normalized spacial score (nSPS) is 12.5. The van der Waals surface area contributed by atoms with Gasteiger partial charge in [-0.15, -0.1) is 11.3 Å². The van der Waals surface area contributed by atoms with E-state index in [0.717, 1.165) is 5.01 Å². The minimum atomic E-state index is -1.02. The van der Waals surface area contributed by atoms with Crippen molar-refractivity contribution in [2.24, 2.45) is 0 Å². The van der Waals surface area contributed by atoms with Gasteiger partial charge in [0.25, 0.3) is 0 Å². The first-order chi connectivity index (χ1) is 8.63. The lowest BCUT2D eigenvalue weighted by atomic mass is 10.2. The lowest BCUT2D eigenvalue weighted by molar-refractivity contribution is -0.141. The van der Waals surface area contributed by atoms with Gasteiger partial charge in [0.15, 0.2) is 0 Å². The molecule has 1 rings (SSSR count). The number of hydrogen-bond acceptors (Lipinski definition) is 4. The highest BCUT2D eigenvalue weighted by Crippen LogP contribution is 2.07. The van der Waals surface area contributed by atoms with Gasteiger partial charge >= 0.3 is 5.97 Å². The minimum Gasteiger partial charge on any atom is -0.480 e. The van der Waals surface area contributed by atoms with Crippen LogP contribution in [-0.2, 0) is 16.0 Å². The van der Waals surface area contributed by atoms with E-state index in [2.05, 4.69) is 10.3 Å². The molecule has 1 heterocycles. The molecule has 0 saturated carbocycles. The van der Waals surface area contributed by atoms with Gasteiger partial charge in [0.2, 0.25) is 5.91 Å². The molecule has 18 heavy (non-hydrogen) atoms. The number of carboxylic acid groups (broad SMARTS) is 1. The van der Waals surface area contributed by atoms with Crippen molar-refractivity contribution in [1.29, 1.82) is 0 Å². The summed E-state index contributed by atoms with van der Waals surface area (Å²) in [6.45, 7) is 1.81. The zero-order valence-electron chi connectivity index (χ0n) is 10.1. The van der Waals surface area contributed by atoms with Crippen LogP contribution in [0.5, 0.6) is 0 Å². The Morgan fingerprint density at radius 2 is 2.39 bits per heavy atom. The van der Waals surface area contributed by atoms with Crippen molar-refractivity contribution >= 4 is 23.2 Å². The first kappa shape index (κ1) is 14.4. The molecule has 0 aromatic carbocycles. The Morgan fingerprint density at radius 3 is 2.94 bits per heavy atom. The second-order valence-corrected chi connectivity index (χ2v) is 4.67. The Hall–Kier alpha value is -1.69. The fourth-order valence-corrected chi connectivity index (χ4v) is 1.98. The molecule has 0 fully saturated rings. The van der Waals surface area contributed by atoms with Crippen LogP contribution in [0.2, 0.25) is 0 Å². The van der Waals surface area contributed by atoms with E-state index in [4.69, 9.17) is 5.11 Å². The summed E-state index contributed by atoms with van der Waals surface area (Å²) in [5.74, 6) is -1.28. The third-order valence-electron chi connectivity index (χ3n) is 2.29. The average molecular weight is 268 g/mol. The van der Waals surface area contributed by atoms with Gasteiger partial charge in [-0.05, 0) is 13.3 Å². The molecule has 1 unspecified atom stereocenters. The Labute approximate surface area is 110 Å². The molecule has 5 nitrogen and oxygen atoms in total. The van der Waals surface area contributed by atoms with Crippen LogP contribution >= 0.6 is 11.3 Å². The summed E-state index contributed by atoms with van der Waals surface area (Å²) in [7, 11) is 0. The van der Waals surface area contributed by atoms with Gasteiger partial charge in [0.05, 0.1) is 5.01 Å². The fraction of sp³-hybridized carbons (Fsp3) is 0.417. The van der Waals surface area contributed by atoms with E-state index in [0.29, 0.717) is 12.8 Å². The van der Waals surface area contributed by atoms with Crippen molar-refractivity contribution in [2.75, 3.05) is 0 Å². The van der Waals surface area contributed by atoms with Crippen LogP contribution in [0.4, 0.5) is 0 Å². The smallest absolute Gasteiger partial charge is 0.326 e. The number of allylic oxidation sites excluding steroid dienone is 1. The van der Waals surface area contributed by atoms with E-state index < -0.39 is 12.0 Å². The standard InChI is InChI=1S/C12H16N2O3S/c1-2-3-4-9(12(16)17)14-10(15)5-6-11-13-7-8-18-11/h2-3,7-9H,4-6H2,1H3,(H,14,15)(H,16,17)/b3-2+. The Balaban J connectivity index is 2.38. The molecule has 0 radical (unpaired) electrons. The van der Waals surface area contributed by atoms with Crippen LogP contribution in [0, 0.1) is 0 Å². The number of nitrogens with one attached hydrogen (secondary N) is 1. The average Bonchev–Trinajstić information content (AvgIpc) is 2.84. The van der Waals surface area contributed by atoms with E-state index >= 15 is 0 Å². The number of aliphatic carboxylic acids is 1. The molecule has 1 aromatic heterocycles. The molecule has 0 saturated heterocycles. The molecule has 2 N–H and O–H groups in total. The Bertz CT molecular complexity index is 415. The van der Waals surface area contributed by atoms with E-state index in [1.165, 1.54) is 11.3 Å². The number of carbonyl (C=O) groups is 2. The van der Waals surface area contributed by atoms with Crippen LogP contribution in [0.3, 0.4) is 0 Å². The molecule has 0 bridgehead atoms. The molecule has 98 valence electrons. The molecule has 0 aliphatic rings. The summed E-state index contributed by atoms with van der Waals surface area (Å²) in [4.78, 5) is 26.6. The van der Waals surface area contributed by atoms with E-state index in [9.17, 15) is 9.59 Å². The first-order valence-corrected chi connectivity index (χ1v) is 6.53. The maximum Gasteiger partial charge on any atom is 0.326 e. The molecule has 0 aliphatic heterocycles. The van der Waals surface area contributed by atoms with E-state index in [1.807, 2.05) is 12.3 Å². The largest absolute Gasteiger partial charge is 0.480 e. The van der Waals surface area contributed by atoms with Crippen LogP contribution in [-0.4, -0.2) is 28.0 Å². The number of thiazole rings is 1. The quantitative estimate of drug-likeness (QED) is 0.736. The number of nitrogens with zero attached hydrogens (tertiary/aromatic N) is 1. The number of aryl methyl sites for hydroxylation is 1. The molecular formula is C12H16N2O3S. The maximum atomic E-state index is 11.6. The molecule has 1 aromatic rings. The Kier molecular flexibility index (Phi) is 6.07. The summed E-state index contributed by atoms with van der Waals surface area (Å²) in [6.07, 6.45) is 6.27. The van der Waals surface area contributed by atoms with Crippen molar-refractivity contribution < 1.29 is 14.7 Å². The second-order valence-electron chi connectivity index (χ2n) is 3.69. The zero-order chi connectivity index (χ0) is 13.4. The molecule has 0 aliphatic carbocycles. The lowest BCUT2D eigenvalue weighted by Gasteiger charge is -2.12. The molecule has 1 amide bonds. The van der Waals surface area contributed by atoms with Gasteiger partial charge in [-0.25, -0.2) is 9.78 Å². The van der Waals surface area contributed by atoms with Gasteiger partial charge in [-0.1, -0.05) is 12.2 Å². The van der Waals surface area contributed by atoms with Gasteiger partial charge in [0.1, 0.15) is 6.04 Å². The monoisotopic (exact) mass is 268 g/mol. The number of amides is 1.